The van der Waals surface area contributed by atoms with Crippen LogP contribution in [0, 0.1) is 0 Å². The number of hydrogen-bond acceptors (Lipinski definition) is 6. The average Bonchev–Trinajstić information content (AvgIpc) is 2.71. The lowest BCUT2D eigenvalue weighted by molar-refractivity contribution is -0.138. The molecular weight excluding hydrogens is 384 g/mol. The Hall–Kier alpha value is -1.67. The number of carbonyl (C=O) groups excluding carboxylic acids is 3. The smallest absolute Gasteiger partial charge is 0.338 e. The Bertz CT molecular complexity index is 646. The van der Waals surface area contributed by atoms with Gasteiger partial charge < -0.3 is 15.0 Å². The van der Waals surface area contributed by atoms with Crippen molar-refractivity contribution in [3.8, 4) is 0 Å². The van der Waals surface area contributed by atoms with Crippen molar-refractivity contribution in [2.75, 3.05) is 37.7 Å². The normalized spacial score (nSPS) is 14.4. The third-order valence-corrected chi connectivity index (χ3v) is 7.03. The van der Waals surface area contributed by atoms with Gasteiger partial charge in [-0.1, -0.05) is 12.1 Å². The number of nitrogens with zero attached hydrogens (tertiary/aromatic N) is 1. The summed E-state index contributed by atoms with van der Waals surface area (Å²) in [6.45, 7) is 4.06. The Morgan fingerprint density at radius 3 is 2.41 bits per heavy atom. The lowest BCUT2D eigenvalue weighted by Gasteiger charge is -2.21. The van der Waals surface area contributed by atoms with Gasteiger partial charge in [0.2, 0.25) is 5.91 Å². The minimum absolute atomic E-state index is 0.0356. The molecule has 1 aromatic carbocycles. The van der Waals surface area contributed by atoms with Crippen LogP contribution in [0.5, 0.6) is 0 Å². The van der Waals surface area contributed by atoms with E-state index in [9.17, 15) is 14.4 Å². The molecule has 1 fully saturated rings. The second-order valence-corrected chi connectivity index (χ2v) is 8.71. The largest absolute Gasteiger partial charge is 0.452 e. The predicted octanol–water partition coefficient (Wildman–Crippen LogP) is 2.70. The van der Waals surface area contributed by atoms with Crippen LogP contribution in [-0.4, -0.2) is 60.4 Å². The molecule has 0 bridgehead atoms. The number of benzene rings is 1. The summed E-state index contributed by atoms with van der Waals surface area (Å²) in [6, 6.07) is 7.37. The van der Waals surface area contributed by atoms with Crippen molar-refractivity contribution >= 4 is 41.3 Å². The number of amides is 2. The molecule has 1 saturated heterocycles. The molecule has 148 valence electrons. The minimum Gasteiger partial charge on any atom is -0.452 e. The SMILES string of the molecule is CCNC(=O)CN(CC)C(=O)COC(=O)c1ccc(C2SCCCS2)cc1. The molecule has 27 heavy (non-hydrogen) atoms. The molecule has 1 aliphatic rings. The quantitative estimate of drug-likeness (QED) is 0.664. The van der Waals surface area contributed by atoms with Gasteiger partial charge in [0.05, 0.1) is 16.7 Å². The molecule has 1 aliphatic heterocycles. The highest BCUT2D eigenvalue weighted by atomic mass is 32.2. The first-order chi connectivity index (χ1) is 13.0. The predicted molar refractivity (Wildman–Crippen MR) is 110 cm³/mol. The molecule has 6 nitrogen and oxygen atoms in total. The molecule has 1 N–H and O–H groups in total. The summed E-state index contributed by atoms with van der Waals surface area (Å²) in [5.41, 5.74) is 1.61. The molecule has 0 radical (unpaired) electrons. The number of carbonyl (C=O) groups is 3. The fraction of sp³-hybridized carbons (Fsp3) is 0.526. The number of likely N-dealkylation sites (N-methyl/N-ethyl adjacent to an activating group) is 2. The van der Waals surface area contributed by atoms with Crippen molar-refractivity contribution in [3.63, 3.8) is 0 Å². The molecule has 0 saturated carbocycles. The summed E-state index contributed by atoms with van der Waals surface area (Å²) in [5.74, 6) is 1.17. The Morgan fingerprint density at radius 1 is 1.15 bits per heavy atom. The number of thioether (sulfide) groups is 2. The van der Waals surface area contributed by atoms with Crippen LogP contribution in [0.3, 0.4) is 0 Å². The van der Waals surface area contributed by atoms with Crippen molar-refractivity contribution in [3.05, 3.63) is 35.4 Å². The van der Waals surface area contributed by atoms with Gasteiger partial charge in [-0.15, -0.1) is 23.5 Å². The van der Waals surface area contributed by atoms with Gasteiger partial charge in [0, 0.05) is 13.1 Å². The summed E-state index contributed by atoms with van der Waals surface area (Å²) in [4.78, 5) is 37.3. The molecule has 0 aliphatic carbocycles. The Morgan fingerprint density at radius 2 is 1.81 bits per heavy atom. The first kappa shape index (κ1) is 21.6. The van der Waals surface area contributed by atoms with Crippen LogP contribution in [0.2, 0.25) is 0 Å². The maximum absolute atomic E-state index is 12.2. The van der Waals surface area contributed by atoms with Crippen LogP contribution >= 0.6 is 23.5 Å². The van der Waals surface area contributed by atoms with Gasteiger partial charge in [-0.25, -0.2) is 4.79 Å². The van der Waals surface area contributed by atoms with E-state index in [-0.39, 0.29) is 25.0 Å². The highest BCUT2D eigenvalue weighted by Crippen LogP contribution is 2.43. The van der Waals surface area contributed by atoms with Gasteiger partial charge in [-0.05, 0) is 49.5 Å². The number of nitrogens with one attached hydrogen (secondary N) is 1. The summed E-state index contributed by atoms with van der Waals surface area (Å²) < 4.78 is 5.54. The van der Waals surface area contributed by atoms with Crippen molar-refractivity contribution < 1.29 is 19.1 Å². The van der Waals surface area contributed by atoms with Gasteiger partial charge in [0.15, 0.2) is 6.61 Å². The zero-order chi connectivity index (χ0) is 19.6. The third kappa shape index (κ3) is 6.77. The van der Waals surface area contributed by atoms with Crippen LogP contribution in [0.25, 0.3) is 0 Å². The second-order valence-electron chi connectivity index (χ2n) is 5.99. The van der Waals surface area contributed by atoms with E-state index in [1.165, 1.54) is 16.9 Å². The second kappa shape index (κ2) is 11.2. The first-order valence-corrected chi connectivity index (χ1v) is 11.2. The Labute approximate surface area is 168 Å². The van der Waals surface area contributed by atoms with Gasteiger partial charge >= 0.3 is 5.97 Å². The topological polar surface area (TPSA) is 75.7 Å². The van der Waals surface area contributed by atoms with Crippen LogP contribution < -0.4 is 5.32 Å². The van der Waals surface area contributed by atoms with E-state index in [2.05, 4.69) is 5.32 Å². The molecule has 2 amide bonds. The third-order valence-electron chi connectivity index (χ3n) is 4.02. The summed E-state index contributed by atoms with van der Waals surface area (Å²) in [6.07, 6.45) is 1.24. The van der Waals surface area contributed by atoms with E-state index in [1.807, 2.05) is 42.6 Å². The molecule has 1 heterocycles. The first-order valence-electron chi connectivity index (χ1n) is 9.09. The van der Waals surface area contributed by atoms with E-state index in [0.717, 1.165) is 11.5 Å². The summed E-state index contributed by atoms with van der Waals surface area (Å²) in [5, 5.41) is 2.64. The number of esters is 1. The van der Waals surface area contributed by atoms with Crippen LogP contribution in [0.1, 0.15) is 40.8 Å². The Balaban J connectivity index is 1.85. The molecule has 0 atom stereocenters. The van der Waals surface area contributed by atoms with E-state index in [4.69, 9.17) is 4.74 Å². The number of rotatable bonds is 8. The molecule has 1 aromatic rings. The fourth-order valence-electron chi connectivity index (χ4n) is 2.56. The lowest BCUT2D eigenvalue weighted by Crippen LogP contribution is -2.42. The van der Waals surface area contributed by atoms with E-state index < -0.39 is 5.97 Å². The highest BCUT2D eigenvalue weighted by Gasteiger charge is 2.19. The monoisotopic (exact) mass is 410 g/mol. The summed E-state index contributed by atoms with van der Waals surface area (Å²) >= 11 is 3.85. The average molecular weight is 411 g/mol. The highest BCUT2D eigenvalue weighted by molar-refractivity contribution is 8.16. The molecule has 0 aromatic heterocycles. The van der Waals surface area contributed by atoms with Gasteiger partial charge in [0.25, 0.3) is 5.91 Å². The van der Waals surface area contributed by atoms with Gasteiger partial charge in [-0.2, -0.15) is 0 Å². The molecule has 2 rings (SSSR count). The molecule has 0 unspecified atom stereocenters. The van der Waals surface area contributed by atoms with Crippen LogP contribution in [-0.2, 0) is 14.3 Å². The zero-order valence-corrected chi connectivity index (χ0v) is 17.4. The van der Waals surface area contributed by atoms with Crippen molar-refractivity contribution in [1.29, 1.82) is 0 Å². The van der Waals surface area contributed by atoms with E-state index >= 15 is 0 Å². The number of hydrogen-bond donors (Lipinski definition) is 1. The Kier molecular flexibility index (Phi) is 9.00. The lowest BCUT2D eigenvalue weighted by atomic mass is 10.1. The minimum atomic E-state index is -0.534. The van der Waals surface area contributed by atoms with Crippen molar-refractivity contribution in [2.45, 2.75) is 24.9 Å². The molecule has 8 heteroatoms. The van der Waals surface area contributed by atoms with E-state index in [0.29, 0.717) is 23.2 Å². The maximum atomic E-state index is 12.2. The fourth-order valence-corrected chi connectivity index (χ4v) is 5.46. The standard InChI is InChI=1S/C19H26N2O4S2/c1-3-20-16(22)12-21(4-2)17(23)13-25-18(24)14-6-8-15(9-7-14)19-26-10-5-11-27-19/h6-9,19H,3-5,10-13H2,1-2H3,(H,20,22). The molecule has 0 spiro atoms. The maximum Gasteiger partial charge on any atom is 0.338 e. The summed E-state index contributed by atoms with van der Waals surface area (Å²) in [7, 11) is 0. The van der Waals surface area contributed by atoms with Gasteiger partial charge in [0.1, 0.15) is 0 Å². The van der Waals surface area contributed by atoms with Crippen LogP contribution in [0.15, 0.2) is 24.3 Å². The van der Waals surface area contributed by atoms with Crippen molar-refractivity contribution in [2.24, 2.45) is 0 Å². The van der Waals surface area contributed by atoms with Crippen LogP contribution in [0.4, 0.5) is 0 Å². The van der Waals surface area contributed by atoms with Crippen molar-refractivity contribution in [1.82, 2.24) is 10.2 Å². The zero-order valence-electron chi connectivity index (χ0n) is 15.7. The molecular formula is C19H26N2O4S2. The number of ether oxygens (including phenoxy) is 1. The van der Waals surface area contributed by atoms with E-state index in [1.54, 1.807) is 19.1 Å². The van der Waals surface area contributed by atoms with Gasteiger partial charge in [-0.3, -0.25) is 9.59 Å².